The van der Waals surface area contributed by atoms with Crippen molar-refractivity contribution in [1.29, 1.82) is 0 Å². The summed E-state index contributed by atoms with van der Waals surface area (Å²) in [4.78, 5) is 0. The van der Waals surface area contributed by atoms with E-state index in [1.807, 2.05) is 54.6 Å². The van der Waals surface area contributed by atoms with Gasteiger partial charge in [-0.2, -0.15) is 0 Å². The zero-order valence-corrected chi connectivity index (χ0v) is 18.7. The van der Waals surface area contributed by atoms with Crippen LogP contribution in [0.3, 0.4) is 0 Å². The highest BCUT2D eigenvalue weighted by molar-refractivity contribution is 5.74. The van der Waals surface area contributed by atoms with Crippen molar-refractivity contribution in [2.45, 2.75) is 26.7 Å². The van der Waals surface area contributed by atoms with Gasteiger partial charge in [-0.3, -0.25) is 0 Å². The number of hydrogen-bond donors (Lipinski definition) is 0. The van der Waals surface area contributed by atoms with Crippen molar-refractivity contribution in [3.05, 3.63) is 119 Å². The third-order valence-electron chi connectivity index (χ3n) is 5.79. The van der Waals surface area contributed by atoms with E-state index in [1.165, 1.54) is 11.6 Å². The number of benzene rings is 4. The summed E-state index contributed by atoms with van der Waals surface area (Å²) in [5.41, 5.74) is 5.39. The van der Waals surface area contributed by atoms with E-state index < -0.39 is 11.6 Å². The highest BCUT2D eigenvalue weighted by Gasteiger charge is 2.13. The number of hydrogen-bond acceptors (Lipinski definition) is 0. The summed E-state index contributed by atoms with van der Waals surface area (Å²) in [5.74, 6) is -1.96. The number of halogens is 3. The fourth-order valence-corrected chi connectivity index (χ4v) is 3.80. The molecule has 0 N–H and O–H groups in total. The van der Waals surface area contributed by atoms with Gasteiger partial charge < -0.3 is 0 Å². The normalized spacial score (nSPS) is 11.3. The van der Waals surface area contributed by atoms with Gasteiger partial charge in [0.15, 0.2) is 11.6 Å². The largest absolute Gasteiger partial charge is 0.207 e. The molecule has 0 amide bonds. The molecule has 0 atom stereocenters. The molecule has 0 saturated heterocycles. The first-order valence-corrected chi connectivity index (χ1v) is 11.1. The summed E-state index contributed by atoms with van der Waals surface area (Å²) in [5, 5.41) is 0. The molecule has 0 fully saturated rings. The average molecular weight is 443 g/mol. The minimum atomic E-state index is -0.867. The maximum Gasteiger partial charge on any atom is 0.167 e. The minimum absolute atomic E-state index is 0.184. The number of aryl methyl sites for hydroxylation is 2. The van der Waals surface area contributed by atoms with Crippen molar-refractivity contribution in [3.63, 3.8) is 0 Å². The summed E-state index contributed by atoms with van der Waals surface area (Å²) in [6.45, 7) is 3.83. The van der Waals surface area contributed by atoms with Crippen molar-refractivity contribution in [1.82, 2.24) is 0 Å². The van der Waals surface area contributed by atoms with Crippen LogP contribution in [-0.4, -0.2) is 0 Å². The molecule has 0 aliphatic heterocycles. The molecule has 0 saturated carbocycles. The molecule has 0 nitrogen and oxygen atoms in total. The first kappa shape index (κ1) is 22.6. The Kier molecular flexibility index (Phi) is 6.79. The summed E-state index contributed by atoms with van der Waals surface area (Å²) < 4.78 is 43.4. The Balaban J connectivity index is 1.53. The minimum Gasteiger partial charge on any atom is -0.207 e. The van der Waals surface area contributed by atoms with Crippen LogP contribution >= 0.6 is 0 Å². The summed E-state index contributed by atoms with van der Waals surface area (Å²) in [6, 6.07) is 23.4. The molecule has 33 heavy (non-hydrogen) atoms. The van der Waals surface area contributed by atoms with Gasteiger partial charge in [0, 0.05) is 11.1 Å². The van der Waals surface area contributed by atoms with Crippen LogP contribution in [0, 0.1) is 24.4 Å². The Morgan fingerprint density at radius 3 is 2.00 bits per heavy atom. The Labute approximate surface area is 193 Å². The van der Waals surface area contributed by atoms with E-state index in [2.05, 4.69) is 6.92 Å². The molecule has 0 aliphatic rings. The van der Waals surface area contributed by atoms with Crippen LogP contribution in [0.15, 0.2) is 78.9 Å². The number of rotatable bonds is 6. The molecule has 0 aliphatic carbocycles. The van der Waals surface area contributed by atoms with Crippen LogP contribution in [0.5, 0.6) is 0 Å². The van der Waals surface area contributed by atoms with E-state index in [-0.39, 0.29) is 16.9 Å². The van der Waals surface area contributed by atoms with Gasteiger partial charge in [-0.25, -0.2) is 13.2 Å². The van der Waals surface area contributed by atoms with Crippen LogP contribution in [0.4, 0.5) is 13.2 Å². The standard InChI is InChI=1S/C30H25F3/c1-3-4-21-8-14-24(15-9-21)27-18-17-25(29(32)30(27)33)16-10-22-6-12-23(13-7-22)26-11-5-20(2)28(31)19-26/h5-19H,3-4H2,1-2H3/b16-10+. The average Bonchev–Trinajstić information content (AvgIpc) is 2.83. The van der Waals surface area contributed by atoms with Crippen molar-refractivity contribution < 1.29 is 13.2 Å². The predicted octanol–water partition coefficient (Wildman–Crippen LogP) is 8.87. The summed E-state index contributed by atoms with van der Waals surface area (Å²) in [7, 11) is 0. The lowest BCUT2D eigenvalue weighted by Gasteiger charge is -2.08. The van der Waals surface area contributed by atoms with E-state index in [9.17, 15) is 13.2 Å². The lowest BCUT2D eigenvalue weighted by molar-refractivity contribution is 0.509. The first-order valence-electron chi connectivity index (χ1n) is 11.1. The van der Waals surface area contributed by atoms with E-state index >= 15 is 0 Å². The molecule has 166 valence electrons. The van der Waals surface area contributed by atoms with Crippen molar-refractivity contribution in [2.24, 2.45) is 0 Å². The highest BCUT2D eigenvalue weighted by atomic mass is 19.2. The van der Waals surface area contributed by atoms with E-state index in [0.717, 1.165) is 29.5 Å². The first-order chi connectivity index (χ1) is 16.0. The van der Waals surface area contributed by atoms with Crippen molar-refractivity contribution >= 4 is 12.2 Å². The lowest BCUT2D eigenvalue weighted by atomic mass is 9.99. The third-order valence-corrected chi connectivity index (χ3v) is 5.79. The fraction of sp³-hybridized carbons (Fsp3) is 0.133. The molecular weight excluding hydrogens is 417 g/mol. The Bertz CT molecular complexity index is 1280. The summed E-state index contributed by atoms with van der Waals surface area (Å²) >= 11 is 0. The molecule has 4 aromatic carbocycles. The Hall–Kier alpha value is -3.59. The van der Waals surface area contributed by atoms with Gasteiger partial charge in [-0.1, -0.05) is 98.3 Å². The molecule has 4 aromatic rings. The Morgan fingerprint density at radius 1 is 0.667 bits per heavy atom. The van der Waals surface area contributed by atoms with Crippen molar-refractivity contribution in [3.8, 4) is 22.3 Å². The van der Waals surface area contributed by atoms with Gasteiger partial charge in [-0.15, -0.1) is 0 Å². The highest BCUT2D eigenvalue weighted by Crippen LogP contribution is 2.28. The molecule has 0 bridgehead atoms. The van der Waals surface area contributed by atoms with Crippen LogP contribution in [0.2, 0.25) is 0 Å². The van der Waals surface area contributed by atoms with Crippen LogP contribution in [-0.2, 0) is 6.42 Å². The Morgan fingerprint density at radius 2 is 1.33 bits per heavy atom. The molecule has 0 heterocycles. The topological polar surface area (TPSA) is 0 Å². The smallest absolute Gasteiger partial charge is 0.167 e. The molecule has 0 spiro atoms. The molecular formula is C30H25F3. The van der Waals surface area contributed by atoms with E-state index in [4.69, 9.17) is 0 Å². The van der Waals surface area contributed by atoms with Gasteiger partial charge >= 0.3 is 0 Å². The van der Waals surface area contributed by atoms with Gasteiger partial charge in [0.05, 0.1) is 0 Å². The fourth-order valence-electron chi connectivity index (χ4n) is 3.80. The van der Waals surface area contributed by atoms with Crippen LogP contribution in [0.1, 0.15) is 35.6 Å². The van der Waals surface area contributed by atoms with Crippen molar-refractivity contribution in [2.75, 3.05) is 0 Å². The third kappa shape index (κ3) is 5.09. The van der Waals surface area contributed by atoms with E-state index in [1.54, 1.807) is 37.3 Å². The van der Waals surface area contributed by atoms with Gasteiger partial charge in [-0.05, 0) is 52.8 Å². The zero-order valence-electron chi connectivity index (χ0n) is 18.7. The van der Waals surface area contributed by atoms with Gasteiger partial charge in [0.25, 0.3) is 0 Å². The maximum absolute atomic E-state index is 14.8. The van der Waals surface area contributed by atoms with Gasteiger partial charge in [0.2, 0.25) is 0 Å². The quantitative estimate of drug-likeness (QED) is 0.262. The maximum atomic E-state index is 14.8. The molecule has 3 heteroatoms. The summed E-state index contributed by atoms with van der Waals surface area (Å²) in [6.07, 6.45) is 5.30. The predicted molar refractivity (Wildman–Crippen MR) is 131 cm³/mol. The second-order valence-electron chi connectivity index (χ2n) is 8.20. The van der Waals surface area contributed by atoms with Gasteiger partial charge in [0.1, 0.15) is 5.82 Å². The zero-order chi connectivity index (χ0) is 23.4. The molecule has 0 aromatic heterocycles. The molecule has 0 radical (unpaired) electrons. The monoisotopic (exact) mass is 442 g/mol. The SMILES string of the molecule is CCCc1ccc(-c2ccc(/C=C/c3ccc(-c4ccc(C)c(F)c4)cc3)c(F)c2F)cc1. The molecule has 0 unspecified atom stereocenters. The van der Waals surface area contributed by atoms with Crippen LogP contribution in [0.25, 0.3) is 34.4 Å². The second kappa shape index (κ2) is 9.91. The second-order valence-corrected chi connectivity index (χ2v) is 8.20. The van der Waals surface area contributed by atoms with E-state index in [0.29, 0.717) is 11.1 Å². The van der Waals surface area contributed by atoms with Crippen LogP contribution < -0.4 is 0 Å². The lowest BCUT2D eigenvalue weighted by Crippen LogP contribution is -1.94. The molecule has 4 rings (SSSR count).